The first-order valence-corrected chi connectivity index (χ1v) is 10.3. The third kappa shape index (κ3) is 5.52. The Morgan fingerprint density at radius 2 is 1.82 bits per heavy atom. The van der Waals surface area contributed by atoms with E-state index >= 15 is 0 Å². The van der Waals surface area contributed by atoms with Gasteiger partial charge in [-0.05, 0) is 77.0 Å². The molecule has 0 heterocycles. The number of nitrogens with one attached hydrogen (secondary N) is 1. The van der Waals surface area contributed by atoms with Crippen molar-refractivity contribution in [2.45, 2.75) is 20.1 Å². The lowest BCUT2D eigenvalue weighted by atomic mass is 10.2. The number of ether oxygens (including phenoxy) is 2. The van der Waals surface area contributed by atoms with E-state index in [1.54, 1.807) is 6.07 Å². The lowest BCUT2D eigenvalue weighted by molar-refractivity contribution is 0.267. The maximum atomic E-state index is 13.4. The van der Waals surface area contributed by atoms with Gasteiger partial charge in [-0.15, -0.1) is 0 Å². The number of rotatable bonds is 8. The van der Waals surface area contributed by atoms with Gasteiger partial charge in [0, 0.05) is 6.54 Å². The summed E-state index contributed by atoms with van der Waals surface area (Å²) in [7, 11) is 0. The highest BCUT2D eigenvalue weighted by atomic mass is 127. The molecule has 3 aromatic rings. The van der Waals surface area contributed by atoms with Gasteiger partial charge >= 0.3 is 0 Å². The van der Waals surface area contributed by atoms with Gasteiger partial charge < -0.3 is 14.8 Å². The summed E-state index contributed by atoms with van der Waals surface area (Å²) in [5.41, 5.74) is 2.69. The van der Waals surface area contributed by atoms with E-state index in [0.717, 1.165) is 20.4 Å². The maximum absolute atomic E-state index is 13.4. The third-order valence-electron chi connectivity index (χ3n) is 4.00. The fourth-order valence-corrected chi connectivity index (χ4v) is 3.73. The molecule has 0 radical (unpaired) electrons. The van der Waals surface area contributed by atoms with Gasteiger partial charge in [0.2, 0.25) is 0 Å². The van der Waals surface area contributed by atoms with Gasteiger partial charge in [-0.25, -0.2) is 4.39 Å². The summed E-state index contributed by atoms with van der Waals surface area (Å²) >= 11 is 8.43. The van der Waals surface area contributed by atoms with E-state index in [9.17, 15) is 4.39 Å². The highest BCUT2D eigenvalue weighted by Gasteiger charge is 2.13. The smallest absolute Gasteiger partial charge is 0.174 e. The Bertz CT molecular complexity index is 952. The number of hydrogen-bond donors (Lipinski definition) is 1. The van der Waals surface area contributed by atoms with Crippen LogP contribution in [-0.2, 0) is 13.2 Å². The molecule has 0 spiro atoms. The molecule has 6 heteroatoms. The Hall–Kier alpha value is -1.99. The Balaban J connectivity index is 1.76. The van der Waals surface area contributed by atoms with Crippen molar-refractivity contribution in [1.82, 2.24) is 0 Å². The summed E-state index contributed by atoms with van der Waals surface area (Å²) in [6.45, 7) is 3.32. The minimum Gasteiger partial charge on any atom is -0.490 e. The maximum Gasteiger partial charge on any atom is 0.174 e. The normalized spacial score (nSPS) is 10.6. The van der Waals surface area contributed by atoms with Crippen LogP contribution in [0.1, 0.15) is 18.1 Å². The number of hydrogen-bond acceptors (Lipinski definition) is 3. The Morgan fingerprint density at radius 3 is 2.57 bits per heavy atom. The molecule has 146 valence electrons. The number of anilines is 1. The molecule has 0 saturated carbocycles. The molecule has 0 saturated heterocycles. The molecule has 0 bridgehead atoms. The van der Waals surface area contributed by atoms with Crippen LogP contribution >= 0.6 is 34.2 Å². The molecular formula is C22H20ClFINO2. The lowest BCUT2D eigenvalue weighted by Crippen LogP contribution is -2.05. The topological polar surface area (TPSA) is 30.5 Å². The molecule has 0 unspecified atom stereocenters. The minimum atomic E-state index is -0.276. The number of benzene rings is 3. The molecular weight excluding hydrogens is 492 g/mol. The lowest BCUT2D eigenvalue weighted by Gasteiger charge is -2.16. The van der Waals surface area contributed by atoms with Crippen molar-refractivity contribution >= 4 is 39.9 Å². The van der Waals surface area contributed by atoms with Gasteiger partial charge in [0.1, 0.15) is 12.4 Å². The second-order valence-corrected chi connectivity index (χ2v) is 7.66. The molecule has 3 aromatic carbocycles. The van der Waals surface area contributed by atoms with Crippen LogP contribution in [0, 0.1) is 9.39 Å². The Kier molecular flexibility index (Phi) is 7.39. The molecule has 1 N–H and O–H groups in total. The van der Waals surface area contributed by atoms with Gasteiger partial charge in [-0.3, -0.25) is 0 Å². The molecule has 0 fully saturated rings. The first-order chi connectivity index (χ1) is 13.6. The van der Waals surface area contributed by atoms with E-state index in [1.165, 1.54) is 12.1 Å². The predicted molar refractivity (Wildman–Crippen MR) is 120 cm³/mol. The quantitative estimate of drug-likeness (QED) is 0.343. The molecule has 28 heavy (non-hydrogen) atoms. The first kappa shape index (κ1) is 20.7. The number of halogens is 3. The SMILES string of the molecule is CCOc1cc(CNc2ccccc2Cl)cc(I)c1OCc1cccc(F)c1. The van der Waals surface area contributed by atoms with Crippen LogP contribution in [0.25, 0.3) is 0 Å². The van der Waals surface area contributed by atoms with Crippen LogP contribution in [0.2, 0.25) is 5.02 Å². The third-order valence-corrected chi connectivity index (χ3v) is 5.13. The van der Waals surface area contributed by atoms with Crippen molar-refractivity contribution in [2.24, 2.45) is 0 Å². The van der Waals surface area contributed by atoms with Gasteiger partial charge in [-0.2, -0.15) is 0 Å². The molecule has 0 amide bonds. The monoisotopic (exact) mass is 511 g/mol. The molecule has 3 nitrogen and oxygen atoms in total. The fraction of sp³-hybridized carbons (Fsp3) is 0.182. The van der Waals surface area contributed by atoms with E-state index in [2.05, 4.69) is 27.9 Å². The molecule has 0 aliphatic heterocycles. The largest absolute Gasteiger partial charge is 0.490 e. The van der Waals surface area contributed by atoms with Crippen LogP contribution in [0.5, 0.6) is 11.5 Å². The molecule has 0 atom stereocenters. The zero-order valence-corrected chi connectivity index (χ0v) is 18.3. The Labute approximate surface area is 183 Å². The van der Waals surface area contributed by atoms with Gasteiger partial charge in [0.05, 0.1) is 20.9 Å². The number of para-hydroxylation sites is 1. The minimum absolute atomic E-state index is 0.269. The Morgan fingerprint density at radius 1 is 1.00 bits per heavy atom. The molecule has 0 aliphatic carbocycles. The zero-order valence-electron chi connectivity index (χ0n) is 15.3. The van der Waals surface area contributed by atoms with Crippen LogP contribution in [0.4, 0.5) is 10.1 Å². The van der Waals surface area contributed by atoms with Crippen LogP contribution < -0.4 is 14.8 Å². The van der Waals surface area contributed by atoms with Crippen LogP contribution in [0.15, 0.2) is 60.7 Å². The summed E-state index contributed by atoms with van der Waals surface area (Å²) < 4.78 is 26.1. The van der Waals surface area contributed by atoms with Gasteiger partial charge in [0.15, 0.2) is 11.5 Å². The van der Waals surface area contributed by atoms with E-state index in [0.29, 0.717) is 29.7 Å². The van der Waals surface area contributed by atoms with E-state index in [1.807, 2.05) is 49.4 Å². The standard InChI is InChI=1S/C22H20ClFINO2/c1-2-27-21-12-16(13-26-20-9-4-3-8-18(20)23)11-19(25)22(21)28-14-15-6-5-7-17(24)10-15/h3-12,26H,2,13-14H2,1H3. The van der Waals surface area contributed by atoms with Crippen molar-refractivity contribution in [2.75, 3.05) is 11.9 Å². The summed E-state index contributed by atoms with van der Waals surface area (Å²) in [5, 5.41) is 4.01. The van der Waals surface area contributed by atoms with E-state index in [-0.39, 0.29) is 12.4 Å². The van der Waals surface area contributed by atoms with Gasteiger partial charge in [-0.1, -0.05) is 35.9 Å². The van der Waals surface area contributed by atoms with Crippen molar-refractivity contribution in [3.8, 4) is 11.5 Å². The van der Waals surface area contributed by atoms with Crippen LogP contribution in [-0.4, -0.2) is 6.61 Å². The van der Waals surface area contributed by atoms with Crippen molar-refractivity contribution in [1.29, 1.82) is 0 Å². The predicted octanol–water partition coefficient (Wildman–Crippen LogP) is 6.67. The highest BCUT2D eigenvalue weighted by molar-refractivity contribution is 14.1. The van der Waals surface area contributed by atoms with E-state index < -0.39 is 0 Å². The fourth-order valence-electron chi connectivity index (χ4n) is 2.71. The molecule has 3 rings (SSSR count). The van der Waals surface area contributed by atoms with Gasteiger partial charge in [0.25, 0.3) is 0 Å². The summed E-state index contributed by atoms with van der Waals surface area (Å²) in [6.07, 6.45) is 0. The van der Waals surface area contributed by atoms with Crippen molar-refractivity contribution in [3.05, 3.63) is 86.2 Å². The van der Waals surface area contributed by atoms with Crippen molar-refractivity contribution < 1.29 is 13.9 Å². The highest BCUT2D eigenvalue weighted by Crippen LogP contribution is 2.35. The molecule has 0 aliphatic rings. The molecule has 0 aromatic heterocycles. The second-order valence-electron chi connectivity index (χ2n) is 6.09. The van der Waals surface area contributed by atoms with Crippen molar-refractivity contribution in [3.63, 3.8) is 0 Å². The van der Waals surface area contributed by atoms with Crippen LogP contribution in [0.3, 0.4) is 0 Å². The first-order valence-electron chi connectivity index (χ1n) is 8.87. The van der Waals surface area contributed by atoms with E-state index in [4.69, 9.17) is 21.1 Å². The second kappa shape index (κ2) is 9.98. The zero-order chi connectivity index (χ0) is 19.9. The summed E-state index contributed by atoms with van der Waals surface area (Å²) in [6, 6.07) is 18.0. The average molecular weight is 512 g/mol. The summed E-state index contributed by atoms with van der Waals surface area (Å²) in [5.74, 6) is 1.05. The average Bonchev–Trinajstić information content (AvgIpc) is 2.67. The summed E-state index contributed by atoms with van der Waals surface area (Å²) in [4.78, 5) is 0.